The van der Waals surface area contributed by atoms with Crippen LogP contribution in [0.4, 0.5) is 4.39 Å². The molecule has 0 unspecified atom stereocenters. The highest BCUT2D eigenvalue weighted by Crippen LogP contribution is 2.20. The lowest BCUT2D eigenvalue weighted by atomic mass is 10.0. The van der Waals surface area contributed by atoms with Gasteiger partial charge in [-0.3, -0.25) is 4.79 Å². The number of halogens is 1. The number of hydrogen-bond acceptors (Lipinski definition) is 2. The molecule has 20 heavy (non-hydrogen) atoms. The van der Waals surface area contributed by atoms with E-state index >= 15 is 0 Å². The van der Waals surface area contributed by atoms with Gasteiger partial charge in [-0.05, 0) is 28.8 Å². The molecule has 3 nitrogen and oxygen atoms in total. The Morgan fingerprint density at radius 3 is 2.50 bits per heavy atom. The highest BCUT2D eigenvalue weighted by atomic mass is 19.1. The molecule has 0 spiro atoms. The van der Waals surface area contributed by atoms with E-state index in [2.05, 4.69) is 5.32 Å². The van der Waals surface area contributed by atoms with Crippen molar-refractivity contribution in [3.05, 3.63) is 59.9 Å². The van der Waals surface area contributed by atoms with Crippen molar-refractivity contribution < 1.29 is 9.18 Å². The highest BCUT2D eigenvalue weighted by Gasteiger charge is 2.02. The molecule has 2 aromatic carbocycles. The average molecular weight is 272 g/mol. The summed E-state index contributed by atoms with van der Waals surface area (Å²) in [6.45, 7) is 0.826. The van der Waals surface area contributed by atoms with E-state index in [0.29, 0.717) is 19.5 Å². The number of benzene rings is 2. The van der Waals surface area contributed by atoms with Crippen LogP contribution < -0.4 is 11.1 Å². The minimum atomic E-state index is -0.249. The zero-order valence-electron chi connectivity index (χ0n) is 11.1. The van der Waals surface area contributed by atoms with Crippen LogP contribution >= 0.6 is 0 Å². The Labute approximate surface area is 117 Å². The number of nitrogens with two attached hydrogens (primary N) is 1. The number of nitrogens with one attached hydrogen (secondary N) is 1. The van der Waals surface area contributed by atoms with E-state index < -0.39 is 0 Å². The van der Waals surface area contributed by atoms with Crippen molar-refractivity contribution in [1.82, 2.24) is 5.32 Å². The van der Waals surface area contributed by atoms with Crippen LogP contribution in [0.2, 0.25) is 0 Å². The summed E-state index contributed by atoms with van der Waals surface area (Å²) in [6, 6.07) is 14.1. The third-order valence-electron chi connectivity index (χ3n) is 2.97. The first kappa shape index (κ1) is 14.2. The average Bonchev–Trinajstić information content (AvgIpc) is 2.46. The minimum Gasteiger partial charge on any atom is -0.352 e. The van der Waals surface area contributed by atoms with E-state index in [9.17, 15) is 9.18 Å². The van der Waals surface area contributed by atoms with Crippen LogP contribution in [0.3, 0.4) is 0 Å². The van der Waals surface area contributed by atoms with Crippen LogP contribution in [-0.2, 0) is 11.3 Å². The van der Waals surface area contributed by atoms with E-state index in [-0.39, 0.29) is 11.7 Å². The fraction of sp³-hybridized carbons (Fsp3) is 0.188. The van der Waals surface area contributed by atoms with Gasteiger partial charge in [0.1, 0.15) is 5.82 Å². The first-order valence-electron chi connectivity index (χ1n) is 6.50. The molecule has 1 amide bonds. The summed E-state index contributed by atoms with van der Waals surface area (Å²) in [5.41, 5.74) is 8.08. The molecule has 0 fully saturated rings. The zero-order valence-corrected chi connectivity index (χ0v) is 11.1. The maximum Gasteiger partial charge on any atom is 0.221 e. The van der Waals surface area contributed by atoms with Gasteiger partial charge in [0.2, 0.25) is 5.91 Å². The lowest BCUT2D eigenvalue weighted by Crippen LogP contribution is -2.24. The first-order valence-corrected chi connectivity index (χ1v) is 6.50. The van der Waals surface area contributed by atoms with E-state index in [1.165, 1.54) is 12.1 Å². The molecule has 104 valence electrons. The molecule has 2 aromatic rings. The first-order chi connectivity index (χ1) is 9.69. The van der Waals surface area contributed by atoms with E-state index in [1.54, 1.807) is 6.07 Å². The largest absolute Gasteiger partial charge is 0.352 e. The molecule has 0 atom stereocenters. The van der Waals surface area contributed by atoms with Gasteiger partial charge >= 0.3 is 0 Å². The Balaban J connectivity index is 2.01. The fourth-order valence-corrected chi connectivity index (χ4v) is 1.90. The lowest BCUT2D eigenvalue weighted by Gasteiger charge is -2.06. The molecule has 0 aromatic heterocycles. The van der Waals surface area contributed by atoms with E-state index in [0.717, 1.165) is 16.7 Å². The predicted octanol–water partition coefficient (Wildman–Crippen LogP) is 2.46. The molecule has 0 bridgehead atoms. The third-order valence-corrected chi connectivity index (χ3v) is 2.97. The number of carbonyl (C=O) groups is 1. The number of rotatable bonds is 5. The summed E-state index contributed by atoms with van der Waals surface area (Å²) in [4.78, 5) is 11.3. The summed E-state index contributed by atoms with van der Waals surface area (Å²) < 4.78 is 13.2. The highest BCUT2D eigenvalue weighted by molar-refractivity contribution is 5.76. The van der Waals surface area contributed by atoms with Crippen molar-refractivity contribution >= 4 is 5.91 Å². The van der Waals surface area contributed by atoms with Crippen LogP contribution in [0.25, 0.3) is 11.1 Å². The molecule has 0 heterocycles. The van der Waals surface area contributed by atoms with Crippen molar-refractivity contribution in [2.75, 3.05) is 6.54 Å². The zero-order chi connectivity index (χ0) is 14.4. The van der Waals surface area contributed by atoms with Gasteiger partial charge in [-0.15, -0.1) is 0 Å². The molecular formula is C16H17FN2O. The number of carbonyl (C=O) groups excluding carboxylic acids is 1. The molecule has 0 aliphatic carbocycles. The van der Waals surface area contributed by atoms with Gasteiger partial charge in [0.15, 0.2) is 0 Å². The van der Waals surface area contributed by atoms with Gasteiger partial charge in [-0.2, -0.15) is 0 Å². The minimum absolute atomic E-state index is 0.0540. The van der Waals surface area contributed by atoms with Crippen LogP contribution in [0.1, 0.15) is 12.0 Å². The van der Waals surface area contributed by atoms with Gasteiger partial charge in [0, 0.05) is 19.5 Å². The van der Waals surface area contributed by atoms with Crippen LogP contribution in [-0.4, -0.2) is 12.5 Å². The Kier molecular flexibility index (Phi) is 4.85. The fourth-order valence-electron chi connectivity index (χ4n) is 1.90. The van der Waals surface area contributed by atoms with Crippen molar-refractivity contribution in [3.63, 3.8) is 0 Å². The van der Waals surface area contributed by atoms with Crippen molar-refractivity contribution in [2.45, 2.75) is 13.0 Å². The predicted molar refractivity (Wildman–Crippen MR) is 77.4 cm³/mol. The van der Waals surface area contributed by atoms with Gasteiger partial charge in [-0.25, -0.2) is 4.39 Å². The van der Waals surface area contributed by atoms with Gasteiger partial charge in [0.25, 0.3) is 0 Å². The third kappa shape index (κ3) is 3.90. The number of hydrogen-bond donors (Lipinski definition) is 2. The van der Waals surface area contributed by atoms with Crippen LogP contribution in [0, 0.1) is 5.82 Å². The van der Waals surface area contributed by atoms with Gasteiger partial charge < -0.3 is 11.1 Å². The Hall–Kier alpha value is -2.20. The Bertz CT molecular complexity index is 581. The molecule has 0 aliphatic heterocycles. The molecule has 0 saturated carbocycles. The summed E-state index contributed by atoms with van der Waals surface area (Å²) in [7, 11) is 0. The Morgan fingerprint density at radius 1 is 1.10 bits per heavy atom. The SMILES string of the molecule is NCCC(=O)NCc1ccc(-c2cccc(F)c2)cc1. The summed E-state index contributed by atoms with van der Waals surface area (Å²) in [6.07, 6.45) is 0.335. The van der Waals surface area contributed by atoms with Crippen molar-refractivity contribution in [2.24, 2.45) is 5.73 Å². The topological polar surface area (TPSA) is 55.1 Å². The van der Waals surface area contributed by atoms with Crippen molar-refractivity contribution in [3.8, 4) is 11.1 Å². The second kappa shape index (κ2) is 6.82. The van der Waals surface area contributed by atoms with Crippen molar-refractivity contribution in [1.29, 1.82) is 0 Å². The van der Waals surface area contributed by atoms with Gasteiger partial charge in [0.05, 0.1) is 0 Å². The molecular weight excluding hydrogens is 255 g/mol. The molecule has 0 saturated heterocycles. The van der Waals surface area contributed by atoms with E-state index in [1.807, 2.05) is 30.3 Å². The van der Waals surface area contributed by atoms with Crippen LogP contribution in [0.5, 0.6) is 0 Å². The normalized spacial score (nSPS) is 10.3. The lowest BCUT2D eigenvalue weighted by molar-refractivity contribution is -0.121. The van der Waals surface area contributed by atoms with Gasteiger partial charge in [-0.1, -0.05) is 36.4 Å². The van der Waals surface area contributed by atoms with E-state index in [4.69, 9.17) is 5.73 Å². The molecule has 0 aliphatic rings. The summed E-state index contributed by atoms with van der Waals surface area (Å²) in [5.74, 6) is -0.303. The smallest absolute Gasteiger partial charge is 0.221 e. The number of amides is 1. The molecule has 3 N–H and O–H groups in total. The monoisotopic (exact) mass is 272 g/mol. The standard InChI is InChI=1S/C16H17FN2O/c17-15-3-1-2-14(10-15)13-6-4-12(5-7-13)11-19-16(20)8-9-18/h1-7,10H,8-9,11,18H2,(H,19,20). The second-order valence-corrected chi connectivity index (χ2v) is 4.52. The second-order valence-electron chi connectivity index (χ2n) is 4.52. The molecule has 0 radical (unpaired) electrons. The maximum absolute atomic E-state index is 13.2. The Morgan fingerprint density at radius 2 is 1.85 bits per heavy atom. The summed E-state index contributed by atoms with van der Waals surface area (Å²) in [5, 5.41) is 2.79. The molecule has 4 heteroatoms. The maximum atomic E-state index is 13.2. The van der Waals surface area contributed by atoms with Crippen LogP contribution in [0.15, 0.2) is 48.5 Å². The molecule has 2 rings (SSSR count). The summed E-state index contributed by atoms with van der Waals surface area (Å²) >= 11 is 0. The quantitative estimate of drug-likeness (QED) is 0.878.